The van der Waals surface area contributed by atoms with Crippen LogP contribution in [0, 0.1) is 12.7 Å². The van der Waals surface area contributed by atoms with Crippen molar-refractivity contribution in [2.24, 2.45) is 0 Å². The van der Waals surface area contributed by atoms with Crippen LogP contribution in [0.25, 0.3) is 0 Å². The Labute approximate surface area is 145 Å². The van der Waals surface area contributed by atoms with Crippen LogP contribution in [-0.4, -0.2) is 31.8 Å². The zero-order valence-electron chi connectivity index (χ0n) is 14.0. The van der Waals surface area contributed by atoms with Crippen molar-refractivity contribution in [2.45, 2.75) is 19.6 Å². The van der Waals surface area contributed by atoms with Gasteiger partial charge in [-0.3, -0.25) is 4.79 Å². The molecule has 1 saturated heterocycles. The van der Waals surface area contributed by atoms with E-state index in [0.717, 1.165) is 11.1 Å². The van der Waals surface area contributed by atoms with Gasteiger partial charge in [0.05, 0.1) is 19.8 Å². The number of carbonyl (C=O) groups is 1. The molecule has 0 bridgehead atoms. The van der Waals surface area contributed by atoms with E-state index in [4.69, 9.17) is 14.2 Å². The summed E-state index contributed by atoms with van der Waals surface area (Å²) in [5.74, 6) is 0.137. The van der Waals surface area contributed by atoms with Crippen LogP contribution in [0.5, 0.6) is 5.75 Å². The van der Waals surface area contributed by atoms with Crippen LogP contribution in [0.4, 0.5) is 10.1 Å². The number of hydrogen-bond donors (Lipinski definition) is 1. The third-order valence-corrected chi connectivity index (χ3v) is 3.86. The molecule has 2 aromatic rings. The van der Waals surface area contributed by atoms with Crippen LogP contribution in [0.2, 0.25) is 0 Å². The van der Waals surface area contributed by atoms with E-state index in [1.54, 1.807) is 24.3 Å². The van der Waals surface area contributed by atoms with Gasteiger partial charge in [0.25, 0.3) is 5.91 Å². The first-order valence-electron chi connectivity index (χ1n) is 8.10. The van der Waals surface area contributed by atoms with Gasteiger partial charge in [0, 0.05) is 5.69 Å². The van der Waals surface area contributed by atoms with Gasteiger partial charge in [-0.1, -0.05) is 12.1 Å². The third kappa shape index (κ3) is 4.78. The molecule has 132 valence electrons. The lowest BCUT2D eigenvalue weighted by atomic mass is 10.1. The average molecular weight is 345 g/mol. The molecule has 1 N–H and O–H groups in total. The summed E-state index contributed by atoms with van der Waals surface area (Å²) in [5.41, 5.74) is 2.31. The summed E-state index contributed by atoms with van der Waals surface area (Å²) >= 11 is 0. The molecule has 2 aromatic carbocycles. The van der Waals surface area contributed by atoms with Crippen molar-refractivity contribution < 1.29 is 23.4 Å². The monoisotopic (exact) mass is 345 g/mol. The molecule has 1 amide bonds. The predicted molar refractivity (Wildman–Crippen MR) is 91.1 cm³/mol. The molecule has 1 aliphatic rings. The Balaban J connectivity index is 1.59. The van der Waals surface area contributed by atoms with Gasteiger partial charge in [-0.05, 0) is 48.4 Å². The molecule has 1 atom stereocenters. The van der Waals surface area contributed by atoms with Crippen LogP contribution < -0.4 is 10.1 Å². The number of carbonyl (C=O) groups excluding carboxylic acids is 1. The van der Waals surface area contributed by atoms with Crippen LogP contribution >= 0.6 is 0 Å². The fraction of sp³-hybridized carbons (Fsp3) is 0.316. The molecule has 0 spiro atoms. The number of hydrogen-bond acceptors (Lipinski definition) is 4. The highest BCUT2D eigenvalue weighted by Gasteiger charge is 2.23. The van der Waals surface area contributed by atoms with Gasteiger partial charge in [0.15, 0.2) is 6.10 Å². The minimum absolute atomic E-state index is 0.226. The molecule has 0 aliphatic carbocycles. The lowest BCUT2D eigenvalue weighted by molar-refractivity contribution is -0.142. The Kier molecular flexibility index (Phi) is 5.63. The summed E-state index contributed by atoms with van der Waals surface area (Å²) in [4.78, 5) is 12.2. The molecular weight excluding hydrogens is 325 g/mol. The van der Waals surface area contributed by atoms with Crippen molar-refractivity contribution in [1.29, 1.82) is 0 Å². The second-order valence-electron chi connectivity index (χ2n) is 5.82. The minimum Gasteiger partial charge on any atom is -0.489 e. The number of halogens is 1. The Morgan fingerprint density at radius 1 is 1.28 bits per heavy atom. The molecule has 1 unspecified atom stereocenters. The zero-order chi connectivity index (χ0) is 17.6. The first-order chi connectivity index (χ1) is 12.1. The highest BCUT2D eigenvalue weighted by Crippen LogP contribution is 2.23. The summed E-state index contributed by atoms with van der Waals surface area (Å²) in [6.45, 7) is 3.35. The number of rotatable bonds is 5. The van der Waals surface area contributed by atoms with Crippen molar-refractivity contribution in [3.63, 3.8) is 0 Å². The normalized spacial score (nSPS) is 17.1. The van der Waals surface area contributed by atoms with E-state index in [2.05, 4.69) is 5.32 Å². The largest absolute Gasteiger partial charge is 0.489 e. The number of anilines is 1. The van der Waals surface area contributed by atoms with Crippen LogP contribution in [0.15, 0.2) is 42.5 Å². The van der Waals surface area contributed by atoms with Gasteiger partial charge < -0.3 is 19.5 Å². The van der Waals surface area contributed by atoms with E-state index in [0.29, 0.717) is 24.7 Å². The molecule has 5 nitrogen and oxygen atoms in total. The Bertz CT molecular complexity index is 744. The SMILES string of the molecule is Cc1cc(OCc2cccc(F)c2)ccc1NC(=O)C1COCCO1. The summed E-state index contributed by atoms with van der Waals surface area (Å²) in [6.07, 6.45) is -0.586. The van der Waals surface area contributed by atoms with Crippen molar-refractivity contribution in [2.75, 3.05) is 25.1 Å². The van der Waals surface area contributed by atoms with Crippen molar-refractivity contribution in [1.82, 2.24) is 0 Å². The number of ether oxygens (including phenoxy) is 3. The number of amides is 1. The van der Waals surface area contributed by atoms with Gasteiger partial charge >= 0.3 is 0 Å². The smallest absolute Gasteiger partial charge is 0.255 e. The van der Waals surface area contributed by atoms with Crippen molar-refractivity contribution in [3.05, 3.63) is 59.4 Å². The van der Waals surface area contributed by atoms with E-state index in [1.165, 1.54) is 12.1 Å². The second-order valence-corrected chi connectivity index (χ2v) is 5.82. The molecule has 1 aliphatic heterocycles. The second kappa shape index (κ2) is 8.09. The zero-order valence-corrected chi connectivity index (χ0v) is 14.0. The first-order valence-corrected chi connectivity index (χ1v) is 8.10. The van der Waals surface area contributed by atoms with Crippen molar-refractivity contribution >= 4 is 11.6 Å². The molecule has 25 heavy (non-hydrogen) atoms. The van der Waals surface area contributed by atoms with E-state index in [-0.39, 0.29) is 24.9 Å². The minimum atomic E-state index is -0.586. The van der Waals surface area contributed by atoms with E-state index < -0.39 is 6.10 Å². The van der Waals surface area contributed by atoms with Gasteiger partial charge in [0.2, 0.25) is 0 Å². The predicted octanol–water partition coefficient (Wildman–Crippen LogP) is 3.07. The molecule has 3 rings (SSSR count). The Morgan fingerprint density at radius 2 is 2.16 bits per heavy atom. The van der Waals surface area contributed by atoms with E-state index in [9.17, 15) is 9.18 Å². The molecule has 0 radical (unpaired) electrons. The number of aryl methyl sites for hydroxylation is 1. The highest BCUT2D eigenvalue weighted by molar-refractivity contribution is 5.95. The molecule has 1 heterocycles. The Morgan fingerprint density at radius 3 is 2.88 bits per heavy atom. The molecule has 6 heteroatoms. The average Bonchev–Trinajstić information content (AvgIpc) is 2.63. The van der Waals surface area contributed by atoms with E-state index in [1.807, 2.05) is 13.0 Å². The molecule has 0 saturated carbocycles. The molecular formula is C19H20FNO4. The first kappa shape index (κ1) is 17.4. The summed E-state index contributed by atoms with van der Waals surface area (Å²) < 4.78 is 29.5. The van der Waals surface area contributed by atoms with Gasteiger partial charge in [-0.15, -0.1) is 0 Å². The third-order valence-electron chi connectivity index (χ3n) is 3.86. The summed E-state index contributed by atoms with van der Waals surface area (Å²) in [7, 11) is 0. The Hall–Kier alpha value is -2.44. The van der Waals surface area contributed by atoms with Crippen LogP contribution in [0.1, 0.15) is 11.1 Å². The number of benzene rings is 2. The standard InChI is InChI=1S/C19H20FNO4/c1-13-9-16(25-11-14-3-2-4-15(20)10-14)5-6-17(13)21-19(22)18-12-23-7-8-24-18/h2-6,9-10,18H,7-8,11-12H2,1H3,(H,21,22). The summed E-state index contributed by atoms with van der Waals surface area (Å²) in [5, 5.41) is 2.84. The fourth-order valence-corrected chi connectivity index (χ4v) is 2.51. The maximum absolute atomic E-state index is 13.2. The molecule has 1 fully saturated rings. The topological polar surface area (TPSA) is 56.8 Å². The van der Waals surface area contributed by atoms with Crippen LogP contribution in [-0.2, 0) is 20.9 Å². The highest BCUT2D eigenvalue weighted by atomic mass is 19.1. The van der Waals surface area contributed by atoms with Gasteiger partial charge in [0.1, 0.15) is 18.2 Å². The van der Waals surface area contributed by atoms with Gasteiger partial charge in [-0.2, -0.15) is 0 Å². The van der Waals surface area contributed by atoms with E-state index >= 15 is 0 Å². The molecule has 0 aromatic heterocycles. The van der Waals surface area contributed by atoms with Gasteiger partial charge in [-0.25, -0.2) is 4.39 Å². The lowest BCUT2D eigenvalue weighted by Crippen LogP contribution is -2.39. The van der Waals surface area contributed by atoms with Crippen molar-refractivity contribution in [3.8, 4) is 5.75 Å². The van der Waals surface area contributed by atoms with Crippen LogP contribution in [0.3, 0.4) is 0 Å². The fourth-order valence-electron chi connectivity index (χ4n) is 2.51. The lowest BCUT2D eigenvalue weighted by Gasteiger charge is -2.22. The maximum atomic E-state index is 13.2. The quantitative estimate of drug-likeness (QED) is 0.905. The maximum Gasteiger partial charge on any atom is 0.255 e. The summed E-state index contributed by atoms with van der Waals surface area (Å²) in [6, 6.07) is 11.6. The number of nitrogens with one attached hydrogen (secondary N) is 1.